The van der Waals surface area contributed by atoms with E-state index in [9.17, 15) is 4.39 Å². The van der Waals surface area contributed by atoms with Crippen molar-refractivity contribution >= 4 is 5.96 Å². The van der Waals surface area contributed by atoms with Crippen molar-refractivity contribution in [3.05, 3.63) is 0 Å². The summed E-state index contributed by atoms with van der Waals surface area (Å²) in [4.78, 5) is 0. The van der Waals surface area contributed by atoms with Crippen molar-refractivity contribution in [1.29, 1.82) is 5.41 Å². The molecule has 48 valence electrons. The van der Waals surface area contributed by atoms with Gasteiger partial charge in [-0.05, 0) is 0 Å². The van der Waals surface area contributed by atoms with E-state index in [2.05, 4.69) is 10.6 Å². The fourth-order valence-electron chi connectivity index (χ4n) is 0.261. The smallest absolute Gasteiger partial charge is 0.188 e. The van der Waals surface area contributed by atoms with Gasteiger partial charge in [0, 0.05) is 13.6 Å². The lowest BCUT2D eigenvalue weighted by Crippen LogP contribution is -2.34. The van der Waals surface area contributed by atoms with Gasteiger partial charge >= 0.3 is 0 Å². The summed E-state index contributed by atoms with van der Waals surface area (Å²) in [6.07, 6.45) is 0. The van der Waals surface area contributed by atoms with Crippen LogP contribution >= 0.6 is 0 Å². The molecule has 0 aromatic heterocycles. The van der Waals surface area contributed by atoms with Gasteiger partial charge in [-0.2, -0.15) is 0 Å². The average Bonchev–Trinajstić information content (AvgIpc) is 1.83. The highest BCUT2D eigenvalue weighted by Crippen LogP contribution is 1.61. The van der Waals surface area contributed by atoms with Gasteiger partial charge in [-0.15, -0.1) is 0 Å². The molecule has 0 saturated heterocycles. The summed E-state index contributed by atoms with van der Waals surface area (Å²) in [6, 6.07) is 0. The van der Waals surface area contributed by atoms with Crippen molar-refractivity contribution in [2.24, 2.45) is 0 Å². The number of halogens is 1. The molecule has 0 spiro atoms. The van der Waals surface area contributed by atoms with E-state index in [4.69, 9.17) is 5.41 Å². The van der Waals surface area contributed by atoms with E-state index in [-0.39, 0.29) is 12.5 Å². The topological polar surface area (TPSA) is 47.9 Å². The second kappa shape index (κ2) is 4.36. The summed E-state index contributed by atoms with van der Waals surface area (Å²) >= 11 is 0. The predicted molar refractivity (Wildman–Crippen MR) is 30.8 cm³/mol. The van der Waals surface area contributed by atoms with Crippen LogP contribution in [-0.4, -0.2) is 26.2 Å². The van der Waals surface area contributed by atoms with Crippen molar-refractivity contribution in [3.63, 3.8) is 0 Å². The zero-order chi connectivity index (χ0) is 6.41. The Morgan fingerprint density at radius 1 is 1.75 bits per heavy atom. The van der Waals surface area contributed by atoms with E-state index in [1.807, 2.05) is 0 Å². The molecule has 0 unspecified atom stereocenters. The van der Waals surface area contributed by atoms with Crippen molar-refractivity contribution < 1.29 is 4.39 Å². The number of nitrogens with one attached hydrogen (secondary N) is 3. The lowest BCUT2D eigenvalue weighted by molar-refractivity contribution is 0.489. The number of rotatable bonds is 2. The summed E-state index contributed by atoms with van der Waals surface area (Å²) in [5.41, 5.74) is 0. The molecule has 0 saturated carbocycles. The average molecular weight is 119 g/mol. The second-order valence-corrected chi connectivity index (χ2v) is 1.24. The van der Waals surface area contributed by atoms with Crippen LogP contribution in [0.5, 0.6) is 0 Å². The first-order valence-corrected chi connectivity index (χ1v) is 2.37. The zero-order valence-electron chi connectivity index (χ0n) is 4.79. The fraction of sp³-hybridized carbons (Fsp3) is 0.750. The van der Waals surface area contributed by atoms with Crippen LogP contribution in [0.1, 0.15) is 0 Å². The molecular formula is C4H10FN3. The second-order valence-electron chi connectivity index (χ2n) is 1.24. The van der Waals surface area contributed by atoms with Gasteiger partial charge in [0.2, 0.25) is 0 Å². The SMILES string of the molecule is CNC(=N)NCCF. The summed E-state index contributed by atoms with van der Waals surface area (Å²) < 4.78 is 11.3. The van der Waals surface area contributed by atoms with Gasteiger partial charge in [-0.3, -0.25) is 5.41 Å². The van der Waals surface area contributed by atoms with E-state index in [1.54, 1.807) is 7.05 Å². The van der Waals surface area contributed by atoms with Gasteiger partial charge in [0.25, 0.3) is 0 Å². The minimum absolute atomic E-state index is 0.155. The fourth-order valence-corrected chi connectivity index (χ4v) is 0.261. The van der Waals surface area contributed by atoms with E-state index >= 15 is 0 Å². The van der Waals surface area contributed by atoms with Gasteiger partial charge in [0.1, 0.15) is 6.67 Å². The summed E-state index contributed by atoms with van der Waals surface area (Å²) in [7, 11) is 1.60. The molecule has 0 bridgehead atoms. The molecule has 0 aliphatic rings. The number of alkyl halides is 1. The zero-order valence-corrected chi connectivity index (χ0v) is 4.79. The molecule has 3 nitrogen and oxygen atoms in total. The predicted octanol–water partition coefficient (Wildman–Crippen LogP) is -0.300. The van der Waals surface area contributed by atoms with Crippen LogP contribution in [0.15, 0.2) is 0 Å². The first-order valence-electron chi connectivity index (χ1n) is 2.37. The number of hydrogen-bond donors (Lipinski definition) is 3. The lowest BCUT2D eigenvalue weighted by Gasteiger charge is -2.01. The number of guanidine groups is 1. The van der Waals surface area contributed by atoms with E-state index < -0.39 is 6.67 Å². The van der Waals surface area contributed by atoms with Crippen LogP contribution in [0.2, 0.25) is 0 Å². The highest BCUT2D eigenvalue weighted by molar-refractivity contribution is 5.75. The first-order chi connectivity index (χ1) is 3.81. The molecular weight excluding hydrogens is 109 g/mol. The molecule has 0 aliphatic carbocycles. The van der Waals surface area contributed by atoms with Crippen LogP contribution in [0.3, 0.4) is 0 Å². The largest absolute Gasteiger partial charge is 0.360 e. The van der Waals surface area contributed by atoms with Crippen LogP contribution in [0.25, 0.3) is 0 Å². The van der Waals surface area contributed by atoms with E-state index in [0.717, 1.165) is 0 Å². The third-order valence-electron chi connectivity index (χ3n) is 0.646. The van der Waals surface area contributed by atoms with Gasteiger partial charge in [0.15, 0.2) is 5.96 Å². The summed E-state index contributed by atoms with van der Waals surface area (Å²) in [5, 5.41) is 11.8. The molecule has 0 aliphatic heterocycles. The van der Waals surface area contributed by atoms with Gasteiger partial charge < -0.3 is 10.6 Å². The molecule has 8 heavy (non-hydrogen) atoms. The Morgan fingerprint density at radius 3 is 2.75 bits per heavy atom. The van der Waals surface area contributed by atoms with Gasteiger partial charge in [-0.25, -0.2) is 4.39 Å². The molecule has 4 heteroatoms. The lowest BCUT2D eigenvalue weighted by atomic mass is 10.7. The van der Waals surface area contributed by atoms with Crippen LogP contribution in [-0.2, 0) is 0 Å². The molecule has 0 atom stereocenters. The normalized spacial score (nSPS) is 8.25. The van der Waals surface area contributed by atoms with E-state index in [0.29, 0.717) is 0 Å². The highest BCUT2D eigenvalue weighted by Gasteiger charge is 1.85. The monoisotopic (exact) mass is 119 g/mol. The molecule has 0 rings (SSSR count). The van der Waals surface area contributed by atoms with E-state index in [1.165, 1.54) is 0 Å². The maximum Gasteiger partial charge on any atom is 0.188 e. The Balaban J connectivity index is 2.99. The Labute approximate surface area is 47.8 Å². The molecule has 0 amide bonds. The standard InChI is InChI=1S/C4H10FN3/c1-7-4(6)8-3-2-5/h2-3H2,1H3,(H3,6,7,8). The van der Waals surface area contributed by atoms with Crippen LogP contribution in [0, 0.1) is 5.41 Å². The van der Waals surface area contributed by atoms with Crippen molar-refractivity contribution in [1.82, 2.24) is 10.6 Å². The Bertz CT molecular complexity index is 73.7. The minimum atomic E-state index is -0.440. The molecule has 0 aromatic carbocycles. The highest BCUT2D eigenvalue weighted by atomic mass is 19.1. The van der Waals surface area contributed by atoms with Gasteiger partial charge in [0.05, 0.1) is 0 Å². The Kier molecular flexibility index (Phi) is 3.93. The molecule has 0 fully saturated rings. The van der Waals surface area contributed by atoms with Crippen molar-refractivity contribution in [2.75, 3.05) is 20.3 Å². The third-order valence-corrected chi connectivity index (χ3v) is 0.646. The van der Waals surface area contributed by atoms with Crippen molar-refractivity contribution in [3.8, 4) is 0 Å². The number of hydrogen-bond acceptors (Lipinski definition) is 1. The summed E-state index contributed by atoms with van der Waals surface area (Å²) in [5.74, 6) is 0.155. The Hall–Kier alpha value is -0.800. The first kappa shape index (κ1) is 7.20. The van der Waals surface area contributed by atoms with Crippen molar-refractivity contribution in [2.45, 2.75) is 0 Å². The quantitative estimate of drug-likeness (QED) is 0.345. The molecule has 3 N–H and O–H groups in total. The maximum absolute atomic E-state index is 11.3. The van der Waals surface area contributed by atoms with Crippen LogP contribution in [0.4, 0.5) is 4.39 Å². The van der Waals surface area contributed by atoms with Crippen LogP contribution < -0.4 is 10.6 Å². The maximum atomic E-state index is 11.3. The van der Waals surface area contributed by atoms with Gasteiger partial charge in [-0.1, -0.05) is 0 Å². The Morgan fingerprint density at radius 2 is 2.38 bits per heavy atom. The summed E-state index contributed by atoms with van der Waals surface area (Å²) in [6.45, 7) is -0.232. The molecule has 0 heterocycles. The molecule has 0 aromatic rings. The minimum Gasteiger partial charge on any atom is -0.360 e. The third kappa shape index (κ3) is 3.39. The molecule has 0 radical (unpaired) electrons.